The van der Waals surface area contributed by atoms with Crippen LogP contribution in [-0.4, -0.2) is 26.5 Å². The Morgan fingerprint density at radius 1 is 1.47 bits per heavy atom. The molecule has 0 amide bonds. The minimum absolute atomic E-state index is 0.682. The van der Waals surface area contributed by atoms with Gasteiger partial charge in [-0.2, -0.15) is 0 Å². The van der Waals surface area contributed by atoms with Crippen LogP contribution in [0.15, 0.2) is 23.1 Å². The van der Waals surface area contributed by atoms with Crippen molar-refractivity contribution in [1.29, 1.82) is 0 Å². The minimum atomic E-state index is 0.682. The quantitative estimate of drug-likeness (QED) is 0.796. The summed E-state index contributed by atoms with van der Waals surface area (Å²) in [5, 5.41) is 3.40. The maximum Gasteiger partial charge on any atom is 0.132 e. The van der Waals surface area contributed by atoms with Crippen LogP contribution in [0, 0.1) is 0 Å². The molecule has 0 bridgehead atoms. The maximum absolute atomic E-state index is 5.32. The summed E-state index contributed by atoms with van der Waals surface area (Å²) in [7, 11) is 1.73. The lowest BCUT2D eigenvalue weighted by atomic mass is 9.98. The topological polar surface area (TPSA) is 21.3 Å². The third kappa shape index (κ3) is 2.29. The lowest BCUT2D eigenvalue weighted by molar-refractivity contribution is 0.404. The highest BCUT2D eigenvalue weighted by molar-refractivity contribution is 7.98. The van der Waals surface area contributed by atoms with E-state index in [9.17, 15) is 0 Å². The van der Waals surface area contributed by atoms with E-state index in [-0.39, 0.29) is 0 Å². The zero-order valence-electron chi connectivity index (χ0n) is 9.25. The zero-order chi connectivity index (χ0) is 10.7. The van der Waals surface area contributed by atoms with Crippen molar-refractivity contribution in [3.8, 4) is 5.75 Å². The third-order valence-electron chi connectivity index (χ3n) is 2.94. The van der Waals surface area contributed by atoms with Crippen molar-refractivity contribution in [3.05, 3.63) is 23.8 Å². The van der Waals surface area contributed by atoms with Crippen LogP contribution in [0.4, 0.5) is 0 Å². The molecule has 1 aliphatic heterocycles. The van der Waals surface area contributed by atoms with Crippen molar-refractivity contribution >= 4 is 11.8 Å². The van der Waals surface area contributed by atoms with E-state index in [4.69, 9.17) is 4.74 Å². The highest BCUT2D eigenvalue weighted by Crippen LogP contribution is 2.32. The summed E-state index contributed by atoms with van der Waals surface area (Å²) in [4.78, 5) is 1.24. The van der Waals surface area contributed by atoms with Crippen LogP contribution in [0.2, 0.25) is 0 Å². The summed E-state index contributed by atoms with van der Waals surface area (Å²) in [5.41, 5.74) is 1.44. The second kappa shape index (κ2) is 4.90. The van der Waals surface area contributed by atoms with E-state index in [0.29, 0.717) is 5.92 Å². The fraction of sp³-hybridized carbons (Fsp3) is 0.500. The van der Waals surface area contributed by atoms with Crippen molar-refractivity contribution < 1.29 is 4.74 Å². The van der Waals surface area contributed by atoms with Gasteiger partial charge in [-0.05, 0) is 42.8 Å². The fourth-order valence-electron chi connectivity index (χ4n) is 2.05. The Labute approximate surface area is 95.4 Å². The number of ether oxygens (including phenoxy) is 1. The van der Waals surface area contributed by atoms with E-state index in [1.54, 1.807) is 18.9 Å². The molecule has 1 aromatic rings. The molecule has 0 radical (unpaired) electrons. The van der Waals surface area contributed by atoms with Crippen molar-refractivity contribution in [3.63, 3.8) is 0 Å². The second-order valence-corrected chi connectivity index (χ2v) is 4.65. The molecular formula is C12H17NOS. The van der Waals surface area contributed by atoms with Gasteiger partial charge >= 0.3 is 0 Å². The van der Waals surface area contributed by atoms with Gasteiger partial charge in [0.1, 0.15) is 5.75 Å². The van der Waals surface area contributed by atoms with Crippen molar-refractivity contribution in [2.24, 2.45) is 0 Å². The summed E-state index contributed by atoms with van der Waals surface area (Å²) in [6, 6.07) is 6.54. The van der Waals surface area contributed by atoms with Gasteiger partial charge in [0.25, 0.3) is 0 Å². The van der Waals surface area contributed by atoms with Crippen molar-refractivity contribution in [1.82, 2.24) is 5.32 Å². The molecule has 1 fully saturated rings. The van der Waals surface area contributed by atoms with Gasteiger partial charge in [-0.3, -0.25) is 0 Å². The van der Waals surface area contributed by atoms with Crippen LogP contribution in [-0.2, 0) is 0 Å². The van der Waals surface area contributed by atoms with E-state index in [1.165, 1.54) is 16.9 Å². The number of benzene rings is 1. The van der Waals surface area contributed by atoms with Gasteiger partial charge < -0.3 is 10.1 Å². The number of rotatable bonds is 3. The zero-order valence-corrected chi connectivity index (χ0v) is 10.1. The molecule has 0 saturated carbocycles. The van der Waals surface area contributed by atoms with Crippen LogP contribution in [0.25, 0.3) is 0 Å². The SMILES string of the molecule is COc1ccc(C2CCNC2)cc1SC. The van der Waals surface area contributed by atoms with E-state index >= 15 is 0 Å². The first kappa shape index (κ1) is 10.8. The molecule has 3 heteroatoms. The average Bonchev–Trinajstić information content (AvgIpc) is 2.81. The van der Waals surface area contributed by atoms with Gasteiger partial charge in [-0.1, -0.05) is 6.07 Å². The molecule has 1 N–H and O–H groups in total. The number of nitrogens with one attached hydrogen (secondary N) is 1. The standard InChI is InChI=1S/C12H17NOS/c1-14-11-4-3-9(7-12(11)15-2)10-5-6-13-8-10/h3-4,7,10,13H,5-6,8H2,1-2H3. The Bertz CT molecular complexity index is 334. The van der Waals surface area contributed by atoms with Crippen LogP contribution in [0.3, 0.4) is 0 Å². The molecule has 0 spiro atoms. The normalized spacial score (nSPS) is 20.5. The molecule has 2 rings (SSSR count). The average molecular weight is 223 g/mol. The Hall–Kier alpha value is -0.670. The Kier molecular flexibility index (Phi) is 3.54. The van der Waals surface area contributed by atoms with Gasteiger partial charge in [0, 0.05) is 11.4 Å². The first-order valence-electron chi connectivity index (χ1n) is 5.28. The molecule has 1 aliphatic rings. The van der Waals surface area contributed by atoms with Crippen molar-refractivity contribution in [2.45, 2.75) is 17.2 Å². The van der Waals surface area contributed by atoms with Gasteiger partial charge in [-0.25, -0.2) is 0 Å². The summed E-state index contributed by atoms with van der Waals surface area (Å²) in [6.45, 7) is 2.26. The van der Waals surface area contributed by atoms with E-state index < -0.39 is 0 Å². The fourth-order valence-corrected chi connectivity index (χ4v) is 2.65. The molecule has 1 saturated heterocycles. The van der Waals surface area contributed by atoms with Crippen LogP contribution < -0.4 is 10.1 Å². The largest absolute Gasteiger partial charge is 0.496 e. The number of hydrogen-bond donors (Lipinski definition) is 1. The highest BCUT2D eigenvalue weighted by Gasteiger charge is 2.17. The molecule has 1 aromatic carbocycles. The first-order chi connectivity index (χ1) is 7.35. The van der Waals surface area contributed by atoms with E-state index in [0.717, 1.165) is 18.8 Å². The highest BCUT2D eigenvalue weighted by atomic mass is 32.2. The third-order valence-corrected chi connectivity index (χ3v) is 3.70. The van der Waals surface area contributed by atoms with E-state index in [1.807, 2.05) is 0 Å². The molecule has 15 heavy (non-hydrogen) atoms. The molecule has 0 aliphatic carbocycles. The lowest BCUT2D eigenvalue weighted by Crippen LogP contribution is -2.08. The van der Waals surface area contributed by atoms with Gasteiger partial charge in [0.2, 0.25) is 0 Å². The van der Waals surface area contributed by atoms with Gasteiger partial charge in [0.15, 0.2) is 0 Å². The Balaban J connectivity index is 2.25. The van der Waals surface area contributed by atoms with Crippen LogP contribution >= 0.6 is 11.8 Å². The summed E-state index contributed by atoms with van der Waals surface area (Å²) < 4.78 is 5.32. The van der Waals surface area contributed by atoms with Crippen LogP contribution in [0.5, 0.6) is 5.75 Å². The van der Waals surface area contributed by atoms with Gasteiger partial charge in [-0.15, -0.1) is 11.8 Å². The number of thioether (sulfide) groups is 1. The number of methoxy groups -OCH3 is 1. The molecule has 1 heterocycles. The number of hydrogen-bond acceptors (Lipinski definition) is 3. The van der Waals surface area contributed by atoms with Crippen molar-refractivity contribution in [2.75, 3.05) is 26.5 Å². The Morgan fingerprint density at radius 3 is 2.93 bits per heavy atom. The minimum Gasteiger partial charge on any atom is -0.496 e. The van der Waals surface area contributed by atoms with Gasteiger partial charge in [0.05, 0.1) is 7.11 Å². The molecule has 0 aromatic heterocycles. The first-order valence-corrected chi connectivity index (χ1v) is 6.50. The summed E-state index contributed by atoms with van der Waals surface area (Å²) in [6.07, 6.45) is 3.34. The maximum atomic E-state index is 5.32. The lowest BCUT2D eigenvalue weighted by Gasteiger charge is -2.12. The van der Waals surface area contributed by atoms with Crippen LogP contribution in [0.1, 0.15) is 17.9 Å². The monoisotopic (exact) mass is 223 g/mol. The molecule has 1 unspecified atom stereocenters. The second-order valence-electron chi connectivity index (χ2n) is 3.80. The molecular weight excluding hydrogens is 206 g/mol. The Morgan fingerprint density at radius 2 is 2.33 bits per heavy atom. The molecule has 1 atom stereocenters. The smallest absolute Gasteiger partial charge is 0.132 e. The predicted octanol–water partition coefficient (Wildman–Crippen LogP) is 2.49. The van der Waals surface area contributed by atoms with E-state index in [2.05, 4.69) is 29.8 Å². The summed E-state index contributed by atoms with van der Waals surface area (Å²) in [5.74, 6) is 1.67. The summed E-state index contributed by atoms with van der Waals surface area (Å²) >= 11 is 1.75. The molecule has 2 nitrogen and oxygen atoms in total. The molecule has 82 valence electrons. The predicted molar refractivity (Wildman–Crippen MR) is 65.0 cm³/mol.